The monoisotopic (exact) mass is 431 g/mol. The molecule has 0 aliphatic carbocycles. The second-order valence-electron chi connectivity index (χ2n) is 8.67. The predicted octanol–water partition coefficient (Wildman–Crippen LogP) is 5.12. The van der Waals surface area contributed by atoms with Gasteiger partial charge in [0.1, 0.15) is 17.0 Å². The normalized spacial score (nSPS) is 18.9. The van der Waals surface area contributed by atoms with E-state index in [4.69, 9.17) is 19.7 Å². The summed E-state index contributed by atoms with van der Waals surface area (Å²) in [6, 6.07) is 7.24. The molecule has 0 spiro atoms. The first kappa shape index (κ1) is 20.7. The molecule has 4 heterocycles. The summed E-state index contributed by atoms with van der Waals surface area (Å²) in [7, 11) is 1.90. The van der Waals surface area contributed by atoms with Crippen LogP contribution in [0.5, 0.6) is 0 Å². The van der Waals surface area contributed by atoms with E-state index in [0.29, 0.717) is 23.4 Å². The van der Waals surface area contributed by atoms with E-state index < -0.39 is 0 Å². The Bertz CT molecular complexity index is 1320. The van der Waals surface area contributed by atoms with Crippen molar-refractivity contribution >= 4 is 11.0 Å². The van der Waals surface area contributed by atoms with E-state index in [1.54, 1.807) is 10.7 Å². The minimum absolute atomic E-state index is 0.0367. The molecule has 32 heavy (non-hydrogen) atoms. The van der Waals surface area contributed by atoms with Gasteiger partial charge in [-0.25, -0.2) is 19.3 Å². The highest BCUT2D eigenvalue weighted by molar-refractivity contribution is 5.89. The molecule has 1 saturated heterocycles. The number of hydrogen-bond acceptors (Lipinski definition) is 5. The van der Waals surface area contributed by atoms with Crippen molar-refractivity contribution in [3.05, 3.63) is 70.7 Å². The number of rotatable bonds is 3. The van der Waals surface area contributed by atoms with Crippen molar-refractivity contribution in [1.29, 1.82) is 0 Å². The molecule has 3 aromatic heterocycles. The lowest BCUT2D eigenvalue weighted by molar-refractivity contribution is 0.00464. The SMILES string of the molecule is Cc1ccc(-c2nc([C@@H]3CCO[C@H](c4cnn(C)c4)C3)cc3nc(C)c(C)nc23)c(F)c1. The second-order valence-corrected chi connectivity index (χ2v) is 8.67. The van der Waals surface area contributed by atoms with Gasteiger partial charge in [-0.15, -0.1) is 0 Å². The highest BCUT2D eigenvalue weighted by Gasteiger charge is 2.28. The zero-order valence-electron chi connectivity index (χ0n) is 18.8. The van der Waals surface area contributed by atoms with Crippen molar-refractivity contribution in [2.24, 2.45) is 7.05 Å². The van der Waals surface area contributed by atoms with Crippen LogP contribution in [0.15, 0.2) is 36.7 Å². The Morgan fingerprint density at radius 2 is 1.88 bits per heavy atom. The van der Waals surface area contributed by atoms with Crippen LogP contribution in [0.4, 0.5) is 4.39 Å². The van der Waals surface area contributed by atoms with Gasteiger partial charge in [0.25, 0.3) is 0 Å². The molecule has 0 unspecified atom stereocenters. The predicted molar refractivity (Wildman–Crippen MR) is 121 cm³/mol. The van der Waals surface area contributed by atoms with E-state index in [0.717, 1.165) is 46.6 Å². The third kappa shape index (κ3) is 3.77. The van der Waals surface area contributed by atoms with Crippen LogP contribution >= 0.6 is 0 Å². The highest BCUT2D eigenvalue weighted by Crippen LogP contribution is 2.39. The van der Waals surface area contributed by atoms with Gasteiger partial charge in [0, 0.05) is 42.6 Å². The van der Waals surface area contributed by atoms with Gasteiger partial charge in [0.05, 0.1) is 29.2 Å². The summed E-state index contributed by atoms with van der Waals surface area (Å²) in [4.78, 5) is 14.5. The van der Waals surface area contributed by atoms with Crippen LogP contribution in [0.25, 0.3) is 22.3 Å². The highest BCUT2D eigenvalue weighted by atomic mass is 19.1. The third-order valence-corrected chi connectivity index (χ3v) is 6.26. The molecule has 4 aromatic rings. The van der Waals surface area contributed by atoms with Crippen LogP contribution < -0.4 is 0 Å². The zero-order valence-corrected chi connectivity index (χ0v) is 18.8. The maximum absolute atomic E-state index is 15.0. The Kier molecular flexibility index (Phi) is 5.21. The van der Waals surface area contributed by atoms with Crippen LogP contribution in [-0.4, -0.2) is 31.3 Å². The van der Waals surface area contributed by atoms with Crippen LogP contribution in [0.3, 0.4) is 0 Å². The van der Waals surface area contributed by atoms with E-state index in [1.807, 2.05) is 52.3 Å². The van der Waals surface area contributed by atoms with E-state index in [1.165, 1.54) is 6.07 Å². The molecule has 0 saturated carbocycles. The number of hydrogen-bond donors (Lipinski definition) is 0. The first-order valence-electron chi connectivity index (χ1n) is 10.9. The third-order valence-electron chi connectivity index (χ3n) is 6.26. The van der Waals surface area contributed by atoms with Crippen molar-refractivity contribution in [3.8, 4) is 11.3 Å². The molecular weight excluding hydrogens is 405 g/mol. The standard InChI is InChI=1S/C25H26FN5O/c1-14-5-6-19(20(26)9-14)24-25-22(28-15(2)16(3)29-25)11-21(30-24)17-7-8-32-23(10-17)18-12-27-31(4)13-18/h5-6,9,11-13,17,23H,7-8,10H2,1-4H3/t17-,23+/m1/s1. The average molecular weight is 432 g/mol. The molecule has 1 aliphatic heterocycles. The van der Waals surface area contributed by atoms with Gasteiger partial charge in [-0.3, -0.25) is 4.68 Å². The van der Waals surface area contributed by atoms with Gasteiger partial charge < -0.3 is 4.74 Å². The second kappa shape index (κ2) is 8.06. The molecule has 1 aliphatic rings. The molecule has 0 bridgehead atoms. The van der Waals surface area contributed by atoms with E-state index in [-0.39, 0.29) is 17.8 Å². The van der Waals surface area contributed by atoms with Crippen LogP contribution in [0, 0.1) is 26.6 Å². The molecule has 0 radical (unpaired) electrons. The molecule has 6 nitrogen and oxygen atoms in total. The fraction of sp³-hybridized carbons (Fsp3) is 0.360. The summed E-state index contributed by atoms with van der Waals surface area (Å²) in [6.07, 6.45) is 5.45. The van der Waals surface area contributed by atoms with E-state index in [9.17, 15) is 4.39 Å². The van der Waals surface area contributed by atoms with Gasteiger partial charge in [-0.05, 0) is 57.4 Å². The minimum Gasteiger partial charge on any atom is -0.373 e. The molecule has 0 N–H and O–H groups in total. The Labute approximate surface area is 186 Å². The number of fused-ring (bicyclic) bond motifs is 1. The van der Waals surface area contributed by atoms with Crippen molar-refractivity contribution in [1.82, 2.24) is 24.7 Å². The van der Waals surface area contributed by atoms with Gasteiger partial charge in [-0.2, -0.15) is 5.10 Å². The summed E-state index contributed by atoms with van der Waals surface area (Å²) in [5.74, 6) is -0.120. The Hall–Kier alpha value is -3.19. The van der Waals surface area contributed by atoms with Gasteiger partial charge in [0.2, 0.25) is 0 Å². The fourth-order valence-corrected chi connectivity index (χ4v) is 4.36. The number of aromatic nitrogens is 5. The summed E-state index contributed by atoms with van der Waals surface area (Å²) in [6.45, 7) is 6.38. The molecule has 5 rings (SSSR count). The summed E-state index contributed by atoms with van der Waals surface area (Å²) in [5, 5.41) is 4.28. The minimum atomic E-state index is -0.295. The number of nitrogens with zero attached hydrogens (tertiary/aromatic N) is 5. The number of halogens is 1. The largest absolute Gasteiger partial charge is 0.373 e. The quantitative estimate of drug-likeness (QED) is 0.450. The lowest BCUT2D eigenvalue weighted by Crippen LogP contribution is -2.19. The van der Waals surface area contributed by atoms with E-state index in [2.05, 4.69) is 5.10 Å². The zero-order chi connectivity index (χ0) is 22.4. The molecule has 7 heteroatoms. The van der Waals surface area contributed by atoms with Gasteiger partial charge in [-0.1, -0.05) is 6.07 Å². The van der Waals surface area contributed by atoms with Crippen molar-refractivity contribution in [2.75, 3.05) is 6.61 Å². The average Bonchev–Trinajstić information content (AvgIpc) is 3.21. The summed E-state index contributed by atoms with van der Waals surface area (Å²) in [5.41, 5.74) is 6.91. The maximum atomic E-state index is 15.0. The Balaban J connectivity index is 1.62. The number of ether oxygens (including phenoxy) is 1. The molecule has 2 atom stereocenters. The van der Waals surface area contributed by atoms with Crippen molar-refractivity contribution < 1.29 is 9.13 Å². The smallest absolute Gasteiger partial charge is 0.132 e. The van der Waals surface area contributed by atoms with Crippen LogP contribution in [0.2, 0.25) is 0 Å². The summed E-state index contributed by atoms with van der Waals surface area (Å²) < 4.78 is 22.8. The maximum Gasteiger partial charge on any atom is 0.132 e. The molecule has 164 valence electrons. The van der Waals surface area contributed by atoms with Crippen molar-refractivity contribution in [3.63, 3.8) is 0 Å². The number of benzene rings is 1. The van der Waals surface area contributed by atoms with Crippen LogP contribution in [0.1, 0.15) is 53.1 Å². The van der Waals surface area contributed by atoms with Gasteiger partial charge in [0.15, 0.2) is 0 Å². The molecule has 0 amide bonds. The van der Waals surface area contributed by atoms with Crippen molar-refractivity contribution in [2.45, 2.75) is 45.6 Å². The Morgan fingerprint density at radius 1 is 1.06 bits per heavy atom. The number of pyridine rings is 1. The lowest BCUT2D eigenvalue weighted by atomic mass is 9.89. The lowest BCUT2D eigenvalue weighted by Gasteiger charge is -2.29. The first-order valence-corrected chi connectivity index (χ1v) is 10.9. The number of aryl methyl sites for hydroxylation is 4. The van der Waals surface area contributed by atoms with E-state index >= 15 is 0 Å². The molecular formula is C25H26FN5O. The molecule has 1 fully saturated rings. The summed E-state index contributed by atoms with van der Waals surface area (Å²) >= 11 is 0. The van der Waals surface area contributed by atoms with Crippen LogP contribution in [-0.2, 0) is 11.8 Å². The van der Waals surface area contributed by atoms with Gasteiger partial charge >= 0.3 is 0 Å². The Morgan fingerprint density at radius 3 is 2.62 bits per heavy atom. The first-order chi connectivity index (χ1) is 15.4. The topological polar surface area (TPSA) is 65.7 Å². The molecule has 1 aromatic carbocycles. The fourth-order valence-electron chi connectivity index (χ4n) is 4.36.